The van der Waals surface area contributed by atoms with Crippen LogP contribution >= 0.6 is 0 Å². The number of hydrogen-bond donors (Lipinski definition) is 3. The lowest BCUT2D eigenvalue weighted by Crippen LogP contribution is -2.50. The molecule has 0 bridgehead atoms. The van der Waals surface area contributed by atoms with Crippen molar-refractivity contribution in [2.75, 3.05) is 20.3 Å². The van der Waals surface area contributed by atoms with E-state index in [0.29, 0.717) is 6.42 Å². The lowest BCUT2D eigenvalue weighted by molar-refractivity contribution is -0.144. The third-order valence-corrected chi connectivity index (χ3v) is 4.87. The molecule has 0 aliphatic rings. The number of ether oxygens (including phenoxy) is 2. The van der Waals surface area contributed by atoms with Crippen LogP contribution < -0.4 is 5.32 Å². The number of alkyl carbamates (subject to hydrolysis) is 1. The first-order valence-corrected chi connectivity index (χ1v) is 10.6. The number of esters is 1. The summed E-state index contributed by atoms with van der Waals surface area (Å²) in [6, 6.07) is 17.8. The van der Waals surface area contributed by atoms with Crippen molar-refractivity contribution >= 4 is 24.0 Å². The largest absolute Gasteiger partial charge is 0.480 e. The summed E-state index contributed by atoms with van der Waals surface area (Å²) in [6.45, 7) is -0.286. The van der Waals surface area contributed by atoms with Crippen molar-refractivity contribution in [3.8, 4) is 0 Å². The van der Waals surface area contributed by atoms with E-state index in [2.05, 4.69) is 5.32 Å². The summed E-state index contributed by atoms with van der Waals surface area (Å²) in [7, 11) is 1.40. The van der Waals surface area contributed by atoms with Gasteiger partial charge in [0.1, 0.15) is 19.3 Å². The number of likely N-dealkylation sites (N-methyl/N-ethyl adjacent to an activating group) is 1. The number of carboxylic acid groups (broad SMARTS) is 1. The van der Waals surface area contributed by atoms with Gasteiger partial charge >= 0.3 is 18.0 Å². The van der Waals surface area contributed by atoms with Crippen molar-refractivity contribution in [3.05, 3.63) is 71.8 Å². The molecule has 3 N–H and O–H groups in total. The van der Waals surface area contributed by atoms with E-state index in [-0.39, 0.29) is 32.0 Å². The van der Waals surface area contributed by atoms with Crippen LogP contribution in [0.15, 0.2) is 60.7 Å². The predicted molar refractivity (Wildman–Crippen MR) is 122 cm³/mol. The van der Waals surface area contributed by atoms with Gasteiger partial charge < -0.3 is 19.5 Å². The summed E-state index contributed by atoms with van der Waals surface area (Å²) in [5.74, 6) is -1.92. The van der Waals surface area contributed by atoms with E-state index >= 15 is 0 Å². The number of benzene rings is 2. The van der Waals surface area contributed by atoms with Crippen LogP contribution in [0.2, 0.25) is 0 Å². The highest BCUT2D eigenvalue weighted by molar-refractivity contribution is 5.94. The van der Waals surface area contributed by atoms with Crippen molar-refractivity contribution in [1.82, 2.24) is 10.2 Å². The summed E-state index contributed by atoms with van der Waals surface area (Å²) in [5, 5.41) is 19.7. The number of rotatable bonds is 11. The zero-order valence-corrected chi connectivity index (χ0v) is 18.5. The van der Waals surface area contributed by atoms with Crippen LogP contribution in [-0.4, -0.2) is 60.3 Å². The fourth-order valence-corrected chi connectivity index (χ4v) is 3.05. The summed E-state index contributed by atoms with van der Waals surface area (Å²) in [6.07, 6.45) is 0.907. The average molecular weight is 456 g/mol. The van der Waals surface area contributed by atoms with E-state index in [9.17, 15) is 19.5 Å². The minimum absolute atomic E-state index is 0.105. The SMILES string of the molecule is CN(C(=N)NC(=O)OCCOC(=O)CCCc1ccccc1)C(Cc1ccccc1)C(=O)O. The van der Waals surface area contributed by atoms with Gasteiger partial charge in [-0.2, -0.15) is 0 Å². The third-order valence-electron chi connectivity index (χ3n) is 4.87. The van der Waals surface area contributed by atoms with Crippen LogP contribution in [-0.2, 0) is 31.9 Å². The Morgan fingerprint density at radius 2 is 1.55 bits per heavy atom. The quantitative estimate of drug-likeness (QED) is 0.206. The van der Waals surface area contributed by atoms with Crippen molar-refractivity contribution in [1.29, 1.82) is 5.41 Å². The number of aryl methyl sites for hydroxylation is 1. The minimum atomic E-state index is -1.12. The van der Waals surface area contributed by atoms with Gasteiger partial charge in [-0.1, -0.05) is 60.7 Å². The second kappa shape index (κ2) is 13.5. The van der Waals surface area contributed by atoms with E-state index in [0.717, 1.165) is 22.4 Å². The summed E-state index contributed by atoms with van der Waals surface area (Å²) in [4.78, 5) is 36.4. The number of aliphatic carboxylic acids is 1. The normalized spacial score (nSPS) is 11.2. The highest BCUT2D eigenvalue weighted by Gasteiger charge is 2.26. The van der Waals surface area contributed by atoms with Crippen molar-refractivity contribution in [3.63, 3.8) is 0 Å². The topological polar surface area (TPSA) is 129 Å². The summed E-state index contributed by atoms with van der Waals surface area (Å²) < 4.78 is 9.94. The molecule has 0 aliphatic carbocycles. The molecule has 0 aromatic heterocycles. The second-order valence-electron chi connectivity index (χ2n) is 7.32. The molecule has 9 heteroatoms. The van der Waals surface area contributed by atoms with Gasteiger partial charge in [-0.05, 0) is 24.0 Å². The van der Waals surface area contributed by atoms with Crippen LogP contribution in [0.4, 0.5) is 4.79 Å². The fraction of sp³-hybridized carbons (Fsp3) is 0.333. The molecule has 0 saturated heterocycles. The molecule has 0 fully saturated rings. The number of hydrogen-bond acceptors (Lipinski definition) is 6. The van der Waals surface area contributed by atoms with Gasteiger partial charge in [0, 0.05) is 19.9 Å². The molecule has 0 spiro atoms. The lowest BCUT2D eigenvalue weighted by Gasteiger charge is -2.26. The van der Waals surface area contributed by atoms with Crippen LogP contribution in [0.1, 0.15) is 24.0 Å². The minimum Gasteiger partial charge on any atom is -0.480 e. The highest BCUT2D eigenvalue weighted by atomic mass is 16.6. The van der Waals surface area contributed by atoms with Gasteiger partial charge in [-0.25, -0.2) is 9.59 Å². The molecule has 33 heavy (non-hydrogen) atoms. The number of nitrogens with one attached hydrogen (secondary N) is 2. The van der Waals surface area contributed by atoms with Crippen LogP contribution in [0.5, 0.6) is 0 Å². The first kappa shape index (κ1) is 25.4. The smallest absolute Gasteiger partial charge is 0.414 e. The Morgan fingerprint density at radius 3 is 2.15 bits per heavy atom. The maximum Gasteiger partial charge on any atom is 0.414 e. The van der Waals surface area contributed by atoms with Gasteiger partial charge in [-0.3, -0.25) is 15.5 Å². The van der Waals surface area contributed by atoms with Gasteiger partial charge in [0.2, 0.25) is 5.96 Å². The Hall–Kier alpha value is -3.88. The summed E-state index contributed by atoms with van der Waals surface area (Å²) >= 11 is 0. The van der Waals surface area contributed by atoms with E-state index in [4.69, 9.17) is 14.9 Å². The maximum absolute atomic E-state index is 11.9. The number of carboxylic acids is 1. The monoisotopic (exact) mass is 455 g/mol. The van der Waals surface area contributed by atoms with Gasteiger partial charge in [0.15, 0.2) is 0 Å². The van der Waals surface area contributed by atoms with Gasteiger partial charge in [0.25, 0.3) is 0 Å². The molecule has 1 amide bonds. The molecule has 2 aromatic rings. The van der Waals surface area contributed by atoms with Crippen LogP contribution in [0.25, 0.3) is 0 Å². The molecule has 0 saturated carbocycles. The molecular weight excluding hydrogens is 426 g/mol. The molecule has 0 heterocycles. The average Bonchev–Trinajstić information content (AvgIpc) is 2.81. The lowest BCUT2D eigenvalue weighted by atomic mass is 10.1. The molecule has 1 unspecified atom stereocenters. The molecule has 9 nitrogen and oxygen atoms in total. The van der Waals surface area contributed by atoms with E-state index in [1.807, 2.05) is 36.4 Å². The van der Waals surface area contributed by atoms with E-state index < -0.39 is 24.1 Å². The molecule has 1 atom stereocenters. The molecule has 0 aliphatic heterocycles. The summed E-state index contributed by atoms with van der Waals surface area (Å²) in [5.41, 5.74) is 1.93. The molecule has 2 rings (SSSR count). The molecule has 0 radical (unpaired) electrons. The second-order valence-corrected chi connectivity index (χ2v) is 7.32. The third kappa shape index (κ3) is 9.42. The molecule has 2 aromatic carbocycles. The molecular formula is C24H29N3O6. The first-order valence-electron chi connectivity index (χ1n) is 10.6. The van der Waals surface area contributed by atoms with E-state index in [1.54, 1.807) is 24.3 Å². The van der Waals surface area contributed by atoms with Crippen molar-refractivity contribution in [2.24, 2.45) is 0 Å². The van der Waals surface area contributed by atoms with Gasteiger partial charge in [-0.15, -0.1) is 0 Å². The highest BCUT2D eigenvalue weighted by Crippen LogP contribution is 2.09. The van der Waals surface area contributed by atoms with Crippen LogP contribution in [0, 0.1) is 5.41 Å². The molecule has 176 valence electrons. The Bertz CT molecular complexity index is 920. The standard InChI is InChI=1S/C24H29N3O6/c1-27(20(22(29)30)17-19-11-6-3-7-12-19)23(25)26-24(31)33-16-15-32-21(28)14-8-13-18-9-4-2-5-10-18/h2-7,9-12,20H,8,13-17H2,1H3,(H,29,30)(H2,25,26,31). The predicted octanol–water partition coefficient (Wildman–Crippen LogP) is 2.84. The van der Waals surface area contributed by atoms with Crippen LogP contribution in [0.3, 0.4) is 0 Å². The maximum atomic E-state index is 11.9. The number of carbonyl (C=O) groups is 3. The zero-order chi connectivity index (χ0) is 24.1. The van der Waals surface area contributed by atoms with Crippen molar-refractivity contribution < 1.29 is 29.0 Å². The number of carbonyl (C=O) groups excluding carboxylic acids is 2. The number of guanidine groups is 1. The Kier molecular flexibility index (Phi) is 10.4. The zero-order valence-electron chi connectivity index (χ0n) is 18.5. The van der Waals surface area contributed by atoms with Crippen molar-refractivity contribution in [2.45, 2.75) is 31.7 Å². The number of nitrogens with zero attached hydrogens (tertiary/aromatic N) is 1. The van der Waals surface area contributed by atoms with Gasteiger partial charge in [0.05, 0.1) is 0 Å². The number of amides is 1. The van der Waals surface area contributed by atoms with E-state index in [1.165, 1.54) is 7.05 Å². The Balaban J connectivity index is 1.65. The Labute approximate surface area is 192 Å². The fourth-order valence-electron chi connectivity index (χ4n) is 3.05. The Morgan fingerprint density at radius 1 is 0.970 bits per heavy atom. The first-order chi connectivity index (χ1) is 15.9.